The van der Waals surface area contributed by atoms with Gasteiger partial charge in [0.05, 0.1) is 13.1 Å². The summed E-state index contributed by atoms with van der Waals surface area (Å²) in [5.74, 6) is 0. The fraction of sp³-hybridized carbons (Fsp3) is 0.538. The lowest BCUT2D eigenvalue weighted by molar-refractivity contribution is -0.978. The molecule has 92 valence electrons. The second-order valence-electron chi connectivity index (χ2n) is 4.13. The number of hydrogen-bond donors (Lipinski definition) is 1. The van der Waals surface area contributed by atoms with Crippen molar-refractivity contribution in [2.45, 2.75) is 33.5 Å². The number of aliphatic hydroxyl groups excluding tert-OH is 1. The van der Waals surface area contributed by atoms with Gasteiger partial charge in [0.2, 0.25) is 0 Å². The Kier molecular flexibility index (Phi) is 6.65. The summed E-state index contributed by atoms with van der Waals surface area (Å²) in [6.45, 7) is 8.99. The Balaban J connectivity index is 0.00000225. The van der Waals surface area contributed by atoms with Gasteiger partial charge in [-0.25, -0.2) is 0 Å². The summed E-state index contributed by atoms with van der Waals surface area (Å²) in [4.78, 5) is 0. The number of quaternary nitrogens is 1. The van der Waals surface area contributed by atoms with Crippen molar-refractivity contribution < 1.29 is 22.0 Å². The standard InChI is InChI=1S/C13H22NO.ClH/c1-4-14(5-2,12(3)15)11-13-9-7-6-8-10-13;/h6-10,12,15H,4-5,11H2,1-3H3;1H/q+1;/p-1. The Bertz CT molecular complexity index is 283. The van der Waals surface area contributed by atoms with E-state index in [2.05, 4.69) is 38.1 Å². The van der Waals surface area contributed by atoms with E-state index in [9.17, 15) is 5.11 Å². The molecule has 0 aliphatic rings. The first-order valence-corrected chi connectivity index (χ1v) is 5.72. The maximum atomic E-state index is 9.90. The van der Waals surface area contributed by atoms with Crippen LogP contribution in [0.5, 0.6) is 0 Å². The van der Waals surface area contributed by atoms with Gasteiger partial charge in [-0.2, -0.15) is 0 Å². The van der Waals surface area contributed by atoms with Crippen molar-refractivity contribution >= 4 is 0 Å². The van der Waals surface area contributed by atoms with E-state index in [1.807, 2.05) is 13.0 Å². The SMILES string of the molecule is CC[N+](CC)(Cc1ccccc1)C(C)O.[Cl-]. The van der Waals surface area contributed by atoms with Gasteiger partial charge in [0.15, 0.2) is 6.23 Å². The van der Waals surface area contributed by atoms with Gasteiger partial charge in [0.25, 0.3) is 0 Å². The first kappa shape index (κ1) is 15.4. The highest BCUT2D eigenvalue weighted by molar-refractivity contribution is 5.13. The summed E-state index contributed by atoms with van der Waals surface area (Å²) in [5, 5.41) is 9.90. The molecule has 2 nitrogen and oxygen atoms in total. The van der Waals surface area contributed by atoms with Gasteiger partial charge in [0.1, 0.15) is 6.54 Å². The van der Waals surface area contributed by atoms with Gasteiger partial charge in [-0.3, -0.25) is 4.48 Å². The molecule has 1 N–H and O–H groups in total. The maximum Gasteiger partial charge on any atom is 0.187 e. The average Bonchev–Trinajstić information content (AvgIpc) is 2.27. The van der Waals surface area contributed by atoms with Gasteiger partial charge < -0.3 is 17.5 Å². The number of hydrogen-bond acceptors (Lipinski definition) is 1. The summed E-state index contributed by atoms with van der Waals surface area (Å²) < 4.78 is 0.740. The van der Waals surface area contributed by atoms with Crippen LogP contribution in [0.1, 0.15) is 26.3 Å². The summed E-state index contributed by atoms with van der Waals surface area (Å²) in [6, 6.07) is 10.4. The van der Waals surface area contributed by atoms with Gasteiger partial charge >= 0.3 is 0 Å². The zero-order valence-electron chi connectivity index (χ0n) is 10.4. The zero-order valence-corrected chi connectivity index (χ0v) is 11.1. The lowest BCUT2D eigenvalue weighted by atomic mass is 10.1. The van der Waals surface area contributed by atoms with Crippen LogP contribution in [0.15, 0.2) is 30.3 Å². The molecule has 0 heterocycles. The van der Waals surface area contributed by atoms with Crippen molar-refractivity contribution in [1.82, 2.24) is 0 Å². The normalized spacial score (nSPS) is 13.0. The first-order valence-electron chi connectivity index (χ1n) is 5.72. The van der Waals surface area contributed by atoms with Crippen molar-refractivity contribution in [3.63, 3.8) is 0 Å². The molecule has 0 fully saturated rings. The summed E-state index contributed by atoms with van der Waals surface area (Å²) in [5.41, 5.74) is 1.29. The largest absolute Gasteiger partial charge is 1.00 e. The lowest BCUT2D eigenvalue weighted by Crippen LogP contribution is -3.00. The number of benzene rings is 1. The second-order valence-corrected chi connectivity index (χ2v) is 4.13. The summed E-state index contributed by atoms with van der Waals surface area (Å²) in [7, 11) is 0. The van der Waals surface area contributed by atoms with Crippen LogP contribution in [0.2, 0.25) is 0 Å². The second kappa shape index (κ2) is 6.89. The van der Waals surface area contributed by atoms with Crippen LogP contribution in [-0.4, -0.2) is 28.9 Å². The van der Waals surface area contributed by atoms with Crippen molar-refractivity contribution in [3.8, 4) is 0 Å². The Hall–Kier alpha value is -0.570. The lowest BCUT2D eigenvalue weighted by Gasteiger charge is -2.39. The summed E-state index contributed by atoms with van der Waals surface area (Å²) >= 11 is 0. The molecule has 0 aromatic heterocycles. The van der Waals surface area contributed by atoms with E-state index < -0.39 is 0 Å². The van der Waals surface area contributed by atoms with E-state index in [0.29, 0.717) is 0 Å². The highest BCUT2D eigenvalue weighted by atomic mass is 35.5. The van der Waals surface area contributed by atoms with Gasteiger partial charge in [0, 0.05) is 12.5 Å². The van der Waals surface area contributed by atoms with E-state index in [1.165, 1.54) is 5.56 Å². The van der Waals surface area contributed by atoms with Crippen molar-refractivity contribution in [3.05, 3.63) is 35.9 Å². The number of halogens is 1. The zero-order chi connectivity index (χ0) is 11.3. The molecule has 1 unspecified atom stereocenters. The molecule has 0 aliphatic carbocycles. The third-order valence-electron chi connectivity index (χ3n) is 3.39. The van der Waals surface area contributed by atoms with Crippen LogP contribution < -0.4 is 12.4 Å². The quantitative estimate of drug-likeness (QED) is 0.540. The van der Waals surface area contributed by atoms with Crippen LogP contribution >= 0.6 is 0 Å². The van der Waals surface area contributed by atoms with E-state index in [-0.39, 0.29) is 18.6 Å². The fourth-order valence-electron chi connectivity index (χ4n) is 2.05. The summed E-state index contributed by atoms with van der Waals surface area (Å²) in [6.07, 6.45) is -0.305. The highest BCUT2D eigenvalue weighted by Crippen LogP contribution is 2.17. The molecular formula is C13H22ClNO. The minimum atomic E-state index is -0.305. The van der Waals surface area contributed by atoms with E-state index in [1.54, 1.807) is 0 Å². The van der Waals surface area contributed by atoms with Crippen LogP contribution in [0.3, 0.4) is 0 Å². The Morgan fingerprint density at radius 3 is 2.00 bits per heavy atom. The Labute approximate surface area is 105 Å². The number of nitrogens with zero attached hydrogens (tertiary/aromatic N) is 1. The molecule has 3 heteroatoms. The Morgan fingerprint density at radius 2 is 1.62 bits per heavy atom. The monoisotopic (exact) mass is 243 g/mol. The molecule has 0 saturated carbocycles. The molecule has 0 radical (unpaired) electrons. The molecule has 0 saturated heterocycles. The Morgan fingerprint density at radius 1 is 1.12 bits per heavy atom. The minimum Gasteiger partial charge on any atom is -1.00 e. The fourth-order valence-corrected chi connectivity index (χ4v) is 2.05. The van der Waals surface area contributed by atoms with Crippen LogP contribution in [0.25, 0.3) is 0 Å². The molecule has 1 aromatic carbocycles. The third-order valence-corrected chi connectivity index (χ3v) is 3.39. The van der Waals surface area contributed by atoms with Crippen LogP contribution in [-0.2, 0) is 6.54 Å². The smallest absolute Gasteiger partial charge is 0.187 e. The number of rotatable bonds is 5. The molecule has 0 amide bonds. The van der Waals surface area contributed by atoms with E-state index in [4.69, 9.17) is 0 Å². The maximum absolute atomic E-state index is 9.90. The van der Waals surface area contributed by atoms with Crippen molar-refractivity contribution in [2.24, 2.45) is 0 Å². The predicted octanol–water partition coefficient (Wildman–Crippen LogP) is -0.614. The van der Waals surface area contributed by atoms with Gasteiger partial charge in [-0.05, 0) is 13.8 Å². The van der Waals surface area contributed by atoms with E-state index >= 15 is 0 Å². The van der Waals surface area contributed by atoms with E-state index in [0.717, 1.165) is 24.1 Å². The minimum absolute atomic E-state index is 0. The average molecular weight is 244 g/mol. The topological polar surface area (TPSA) is 20.2 Å². The molecule has 1 aromatic rings. The molecule has 0 aliphatic heterocycles. The molecule has 1 rings (SSSR count). The van der Waals surface area contributed by atoms with Gasteiger partial charge in [-0.1, -0.05) is 30.3 Å². The van der Waals surface area contributed by atoms with Crippen molar-refractivity contribution in [1.29, 1.82) is 0 Å². The highest BCUT2D eigenvalue weighted by Gasteiger charge is 2.28. The molecular weight excluding hydrogens is 222 g/mol. The third kappa shape index (κ3) is 3.48. The molecule has 0 spiro atoms. The van der Waals surface area contributed by atoms with Gasteiger partial charge in [-0.15, -0.1) is 0 Å². The molecule has 0 bridgehead atoms. The first-order chi connectivity index (χ1) is 7.14. The predicted molar refractivity (Wildman–Crippen MR) is 63.2 cm³/mol. The number of aliphatic hydroxyl groups is 1. The van der Waals surface area contributed by atoms with Crippen LogP contribution in [0.4, 0.5) is 0 Å². The van der Waals surface area contributed by atoms with Crippen molar-refractivity contribution in [2.75, 3.05) is 13.1 Å². The molecule has 1 atom stereocenters. The van der Waals surface area contributed by atoms with Crippen LogP contribution in [0, 0.1) is 0 Å². The molecule has 16 heavy (non-hydrogen) atoms.